The van der Waals surface area contributed by atoms with Crippen molar-refractivity contribution in [2.45, 2.75) is 0 Å². The molecule has 0 aliphatic rings. The lowest BCUT2D eigenvalue weighted by Crippen LogP contribution is -2.09. The molecule has 0 fully saturated rings. The highest BCUT2D eigenvalue weighted by molar-refractivity contribution is 5.81. The maximum atomic E-state index is 3.65. The van der Waals surface area contributed by atoms with Gasteiger partial charge in [0.15, 0.2) is 0 Å². The first kappa shape index (κ1) is 23.3. The molecule has 0 saturated heterocycles. The smallest absolute Gasteiger partial charge is 0.0463 e. The molecule has 38 heavy (non-hydrogen) atoms. The summed E-state index contributed by atoms with van der Waals surface area (Å²) in [5.41, 5.74) is 10.2. The third-order valence-electron chi connectivity index (χ3n) is 6.59. The molecule has 0 heterocycles. The van der Waals surface area contributed by atoms with Crippen molar-refractivity contribution in [3.8, 4) is 22.3 Å². The van der Waals surface area contributed by atoms with Crippen molar-refractivity contribution in [2.24, 2.45) is 0 Å². The summed E-state index contributed by atoms with van der Waals surface area (Å²) in [4.78, 5) is 2.27. The van der Waals surface area contributed by atoms with Gasteiger partial charge in [0.05, 0.1) is 0 Å². The summed E-state index contributed by atoms with van der Waals surface area (Å²) < 4.78 is 0. The fraction of sp³-hybridized carbons (Fsp3) is 0. The van der Waals surface area contributed by atoms with Crippen LogP contribution in [0, 0.1) is 0 Å². The van der Waals surface area contributed by atoms with Crippen molar-refractivity contribution in [1.82, 2.24) is 0 Å². The number of hydrogen-bond donors (Lipinski definition) is 1. The zero-order valence-electron chi connectivity index (χ0n) is 21.0. The minimum absolute atomic E-state index is 1.04. The quantitative estimate of drug-likeness (QED) is 0.240. The molecule has 2 nitrogen and oxygen atoms in total. The lowest BCUT2D eigenvalue weighted by molar-refractivity contribution is 1.28. The van der Waals surface area contributed by atoms with Crippen molar-refractivity contribution in [2.75, 3.05) is 10.2 Å². The molecule has 6 aromatic rings. The van der Waals surface area contributed by atoms with Gasteiger partial charge in [-0.2, -0.15) is 0 Å². The predicted molar refractivity (Wildman–Crippen MR) is 162 cm³/mol. The number of benzene rings is 6. The van der Waals surface area contributed by atoms with E-state index in [0.29, 0.717) is 0 Å². The zero-order chi connectivity index (χ0) is 25.6. The summed E-state index contributed by atoms with van der Waals surface area (Å²) in [5.74, 6) is 0. The van der Waals surface area contributed by atoms with Crippen molar-refractivity contribution >= 4 is 28.4 Å². The molecule has 182 valence electrons. The minimum atomic E-state index is 1.04. The first-order chi connectivity index (χ1) is 18.8. The van der Waals surface area contributed by atoms with E-state index >= 15 is 0 Å². The van der Waals surface area contributed by atoms with Crippen LogP contribution in [-0.4, -0.2) is 0 Å². The topological polar surface area (TPSA) is 15.3 Å². The third-order valence-corrected chi connectivity index (χ3v) is 6.59. The largest absolute Gasteiger partial charge is 0.355 e. The Kier molecular flexibility index (Phi) is 6.69. The second-order valence-corrected chi connectivity index (χ2v) is 9.21. The summed E-state index contributed by atoms with van der Waals surface area (Å²) in [6.07, 6.45) is 0. The van der Waals surface area contributed by atoms with Gasteiger partial charge in [0.25, 0.3) is 0 Å². The Bertz CT molecular complexity index is 1500. The molecule has 2 heteroatoms. The van der Waals surface area contributed by atoms with Gasteiger partial charge in [-0.05, 0) is 89.0 Å². The van der Waals surface area contributed by atoms with Crippen molar-refractivity contribution in [3.63, 3.8) is 0 Å². The Labute approximate surface area is 224 Å². The summed E-state index contributed by atoms with van der Waals surface area (Å²) in [6.45, 7) is 0. The van der Waals surface area contributed by atoms with Crippen LogP contribution in [0.25, 0.3) is 22.3 Å². The minimum Gasteiger partial charge on any atom is -0.355 e. The van der Waals surface area contributed by atoms with Crippen LogP contribution < -0.4 is 10.2 Å². The number of anilines is 5. The Morgan fingerprint density at radius 2 is 0.711 bits per heavy atom. The van der Waals surface area contributed by atoms with E-state index in [9.17, 15) is 0 Å². The van der Waals surface area contributed by atoms with Crippen molar-refractivity contribution in [3.05, 3.63) is 164 Å². The first-order valence-corrected chi connectivity index (χ1v) is 12.9. The highest BCUT2D eigenvalue weighted by atomic mass is 15.1. The molecule has 0 spiro atoms. The molecular formula is C36H28N2. The highest BCUT2D eigenvalue weighted by Crippen LogP contribution is 2.36. The molecule has 0 aromatic heterocycles. The molecule has 0 aliphatic heterocycles. The number of hydrogen-bond acceptors (Lipinski definition) is 2. The standard InChI is InChI=1S/C36H28N2/c1-5-13-28(14-6-1)30-25-31(29-15-7-2-8-16-29)27-33(26-30)37-32-21-23-36(24-22-32)38(34-17-9-3-10-18-34)35-19-11-4-12-20-35/h1-27,37H. The van der Waals surface area contributed by atoms with Crippen LogP contribution >= 0.6 is 0 Å². The molecule has 0 bridgehead atoms. The van der Waals surface area contributed by atoms with E-state index in [1.165, 1.54) is 22.3 Å². The van der Waals surface area contributed by atoms with Gasteiger partial charge in [0.2, 0.25) is 0 Å². The number of para-hydroxylation sites is 2. The summed E-state index contributed by atoms with van der Waals surface area (Å²) >= 11 is 0. The fourth-order valence-electron chi connectivity index (χ4n) is 4.76. The van der Waals surface area contributed by atoms with Crippen LogP contribution in [0.5, 0.6) is 0 Å². The Morgan fingerprint density at radius 1 is 0.316 bits per heavy atom. The fourth-order valence-corrected chi connectivity index (χ4v) is 4.76. The van der Waals surface area contributed by atoms with E-state index in [2.05, 4.69) is 162 Å². The number of nitrogens with one attached hydrogen (secondary N) is 1. The van der Waals surface area contributed by atoms with E-state index in [0.717, 1.165) is 28.4 Å². The van der Waals surface area contributed by atoms with Crippen LogP contribution in [0.1, 0.15) is 0 Å². The van der Waals surface area contributed by atoms with Crippen LogP contribution in [0.15, 0.2) is 164 Å². The molecule has 0 aliphatic carbocycles. The molecule has 0 unspecified atom stereocenters. The molecule has 0 saturated carbocycles. The van der Waals surface area contributed by atoms with Crippen molar-refractivity contribution in [1.29, 1.82) is 0 Å². The molecule has 0 atom stereocenters. The van der Waals surface area contributed by atoms with Gasteiger partial charge >= 0.3 is 0 Å². The van der Waals surface area contributed by atoms with E-state index in [1.54, 1.807) is 0 Å². The summed E-state index contributed by atoms with van der Waals surface area (Å²) in [6, 6.07) is 57.3. The van der Waals surface area contributed by atoms with Gasteiger partial charge < -0.3 is 10.2 Å². The van der Waals surface area contributed by atoms with E-state index in [1.807, 2.05) is 12.1 Å². The Morgan fingerprint density at radius 3 is 1.16 bits per heavy atom. The van der Waals surface area contributed by atoms with E-state index in [-0.39, 0.29) is 0 Å². The average Bonchev–Trinajstić information content (AvgIpc) is 3.00. The van der Waals surface area contributed by atoms with E-state index < -0.39 is 0 Å². The SMILES string of the molecule is c1ccc(-c2cc(Nc3ccc(N(c4ccccc4)c4ccccc4)cc3)cc(-c3ccccc3)c2)cc1. The van der Waals surface area contributed by atoms with Crippen LogP contribution in [0.2, 0.25) is 0 Å². The monoisotopic (exact) mass is 488 g/mol. The third kappa shape index (κ3) is 5.21. The van der Waals surface area contributed by atoms with Gasteiger partial charge in [0.1, 0.15) is 0 Å². The van der Waals surface area contributed by atoms with Crippen molar-refractivity contribution < 1.29 is 0 Å². The summed E-state index contributed by atoms with van der Waals surface area (Å²) in [5, 5.41) is 3.65. The van der Waals surface area contributed by atoms with Crippen LogP contribution in [0.4, 0.5) is 28.4 Å². The Balaban J connectivity index is 1.34. The molecular weight excluding hydrogens is 460 g/mol. The molecule has 6 rings (SSSR count). The number of nitrogens with zero attached hydrogens (tertiary/aromatic N) is 1. The second kappa shape index (κ2) is 10.9. The lowest BCUT2D eigenvalue weighted by Gasteiger charge is -2.25. The first-order valence-electron chi connectivity index (χ1n) is 12.9. The maximum absolute atomic E-state index is 3.65. The molecule has 1 N–H and O–H groups in total. The van der Waals surface area contributed by atoms with E-state index in [4.69, 9.17) is 0 Å². The zero-order valence-corrected chi connectivity index (χ0v) is 21.0. The molecule has 0 amide bonds. The van der Waals surface area contributed by atoms with Gasteiger partial charge in [-0.3, -0.25) is 0 Å². The van der Waals surface area contributed by atoms with Crippen LogP contribution in [-0.2, 0) is 0 Å². The lowest BCUT2D eigenvalue weighted by atomic mass is 9.98. The van der Waals surface area contributed by atoms with Gasteiger partial charge in [0, 0.05) is 28.4 Å². The van der Waals surface area contributed by atoms with Gasteiger partial charge in [-0.25, -0.2) is 0 Å². The maximum Gasteiger partial charge on any atom is 0.0463 e. The second-order valence-electron chi connectivity index (χ2n) is 9.21. The van der Waals surface area contributed by atoms with Gasteiger partial charge in [-0.15, -0.1) is 0 Å². The normalized spacial score (nSPS) is 10.6. The number of rotatable bonds is 7. The molecule has 0 radical (unpaired) electrons. The Hall–Kier alpha value is -5.08. The predicted octanol–water partition coefficient (Wildman–Crippen LogP) is 10.2. The van der Waals surface area contributed by atoms with Crippen LogP contribution in [0.3, 0.4) is 0 Å². The molecule has 6 aromatic carbocycles. The highest BCUT2D eigenvalue weighted by Gasteiger charge is 2.12. The van der Waals surface area contributed by atoms with Gasteiger partial charge in [-0.1, -0.05) is 97.1 Å². The average molecular weight is 489 g/mol. The summed E-state index contributed by atoms with van der Waals surface area (Å²) in [7, 11) is 0.